The lowest BCUT2D eigenvalue weighted by Crippen LogP contribution is -2.28. The van der Waals surface area contributed by atoms with Gasteiger partial charge in [0.15, 0.2) is 23.0 Å². The summed E-state index contributed by atoms with van der Waals surface area (Å²) in [4.78, 5) is 4.78. The molecule has 6 nitrogen and oxygen atoms in total. The van der Waals surface area contributed by atoms with Crippen LogP contribution in [-0.2, 0) is 12.8 Å². The van der Waals surface area contributed by atoms with Gasteiger partial charge in [-0.1, -0.05) is 12.1 Å². The highest BCUT2D eigenvalue weighted by atomic mass is 16.5. The number of benzene rings is 2. The standard InChI is InChI=1S/C25H38N2O4/c1-26(16-12-20-8-10-22(28-3)24(18-20)30-5)14-7-15-27(2)17-13-21-9-11-23(29-4)25(19-21)31-6/h8-11,18-19H,7,12-17H2,1-6H3. The third-order valence-electron chi connectivity index (χ3n) is 5.54. The van der Waals surface area contributed by atoms with E-state index in [4.69, 9.17) is 18.9 Å². The van der Waals surface area contributed by atoms with E-state index >= 15 is 0 Å². The van der Waals surface area contributed by atoms with E-state index in [9.17, 15) is 0 Å². The minimum atomic E-state index is 0.774. The Morgan fingerprint density at radius 2 is 0.935 bits per heavy atom. The van der Waals surface area contributed by atoms with Crippen molar-refractivity contribution < 1.29 is 18.9 Å². The average molecular weight is 431 g/mol. The highest BCUT2D eigenvalue weighted by Crippen LogP contribution is 2.28. The number of hydrogen-bond acceptors (Lipinski definition) is 6. The van der Waals surface area contributed by atoms with Crippen LogP contribution in [0.5, 0.6) is 23.0 Å². The third-order valence-corrected chi connectivity index (χ3v) is 5.54. The first-order valence-corrected chi connectivity index (χ1v) is 10.8. The molecule has 0 unspecified atom stereocenters. The molecule has 0 heterocycles. The molecule has 6 heteroatoms. The van der Waals surface area contributed by atoms with Crippen molar-refractivity contribution in [2.45, 2.75) is 19.3 Å². The zero-order chi connectivity index (χ0) is 22.6. The molecule has 31 heavy (non-hydrogen) atoms. The van der Waals surface area contributed by atoms with Gasteiger partial charge >= 0.3 is 0 Å². The minimum absolute atomic E-state index is 0.774. The minimum Gasteiger partial charge on any atom is -0.493 e. The van der Waals surface area contributed by atoms with Crippen molar-refractivity contribution in [1.29, 1.82) is 0 Å². The third kappa shape index (κ3) is 7.96. The Kier molecular flexibility index (Phi) is 10.5. The number of methoxy groups -OCH3 is 4. The van der Waals surface area contributed by atoms with Crippen LogP contribution in [0.3, 0.4) is 0 Å². The monoisotopic (exact) mass is 430 g/mol. The van der Waals surface area contributed by atoms with Crippen molar-refractivity contribution in [2.75, 3.05) is 68.7 Å². The first-order chi connectivity index (χ1) is 15.0. The Morgan fingerprint density at radius 3 is 1.29 bits per heavy atom. The summed E-state index contributed by atoms with van der Waals surface area (Å²) in [6.07, 6.45) is 3.13. The normalized spacial score (nSPS) is 11.1. The van der Waals surface area contributed by atoms with Crippen LogP contribution in [0.1, 0.15) is 17.5 Å². The second-order valence-electron chi connectivity index (χ2n) is 7.84. The summed E-state index contributed by atoms with van der Waals surface area (Å²) in [7, 11) is 11.0. The predicted molar refractivity (Wildman–Crippen MR) is 126 cm³/mol. The van der Waals surface area contributed by atoms with Crippen LogP contribution in [0, 0.1) is 0 Å². The number of nitrogens with zero attached hydrogens (tertiary/aromatic N) is 2. The predicted octanol–water partition coefficient (Wildman–Crippen LogP) is 3.76. The van der Waals surface area contributed by atoms with Gasteiger partial charge in [0.1, 0.15) is 0 Å². The van der Waals surface area contributed by atoms with E-state index in [2.05, 4.69) is 48.2 Å². The van der Waals surface area contributed by atoms with Crippen molar-refractivity contribution in [3.63, 3.8) is 0 Å². The molecule has 0 N–H and O–H groups in total. The summed E-state index contributed by atoms with van der Waals surface area (Å²) in [5, 5.41) is 0. The first kappa shape index (κ1) is 24.8. The highest BCUT2D eigenvalue weighted by Gasteiger charge is 2.08. The Balaban J connectivity index is 1.68. The van der Waals surface area contributed by atoms with Gasteiger partial charge in [-0.25, -0.2) is 0 Å². The summed E-state index contributed by atoms with van der Waals surface area (Å²) >= 11 is 0. The summed E-state index contributed by atoms with van der Waals surface area (Å²) in [5.41, 5.74) is 2.52. The zero-order valence-electron chi connectivity index (χ0n) is 19.9. The van der Waals surface area contributed by atoms with E-state index < -0.39 is 0 Å². The van der Waals surface area contributed by atoms with E-state index in [0.29, 0.717) is 0 Å². The van der Waals surface area contributed by atoms with Gasteiger partial charge in [0.05, 0.1) is 28.4 Å². The molecule has 0 fully saturated rings. The molecule has 0 aliphatic heterocycles. The molecule has 0 atom stereocenters. The quantitative estimate of drug-likeness (QED) is 0.455. The molecule has 0 aliphatic carbocycles. The van der Waals surface area contributed by atoms with Crippen molar-refractivity contribution in [1.82, 2.24) is 9.80 Å². The molecule has 0 saturated carbocycles. The maximum atomic E-state index is 5.40. The summed E-state index contributed by atoms with van der Waals surface area (Å²) in [6, 6.07) is 12.3. The Labute approximate surface area is 187 Å². The lowest BCUT2D eigenvalue weighted by molar-refractivity contribution is 0.281. The fourth-order valence-electron chi connectivity index (χ4n) is 3.55. The Morgan fingerprint density at radius 1 is 0.548 bits per heavy atom. The molecule has 0 aromatic heterocycles. The molecule has 2 aromatic rings. The zero-order valence-corrected chi connectivity index (χ0v) is 19.9. The molecule has 0 spiro atoms. The van der Waals surface area contributed by atoms with E-state index in [0.717, 1.165) is 68.4 Å². The van der Waals surface area contributed by atoms with Crippen LogP contribution in [-0.4, -0.2) is 78.5 Å². The van der Waals surface area contributed by atoms with Crippen molar-refractivity contribution in [2.24, 2.45) is 0 Å². The van der Waals surface area contributed by atoms with Gasteiger partial charge in [0.2, 0.25) is 0 Å². The maximum absolute atomic E-state index is 5.40. The van der Waals surface area contributed by atoms with Gasteiger partial charge in [-0.15, -0.1) is 0 Å². The fourth-order valence-corrected chi connectivity index (χ4v) is 3.55. The van der Waals surface area contributed by atoms with Crippen LogP contribution in [0.25, 0.3) is 0 Å². The molecule has 0 saturated heterocycles. The second kappa shape index (κ2) is 13.1. The van der Waals surface area contributed by atoms with Crippen LogP contribution in [0.15, 0.2) is 36.4 Å². The molecule has 0 amide bonds. The summed E-state index contributed by atoms with van der Waals surface area (Å²) < 4.78 is 21.4. The molecular formula is C25H38N2O4. The van der Waals surface area contributed by atoms with Gasteiger partial charge in [-0.05, 0) is 81.8 Å². The van der Waals surface area contributed by atoms with Gasteiger partial charge in [-0.2, -0.15) is 0 Å². The Bertz CT molecular complexity index is 732. The van der Waals surface area contributed by atoms with Crippen molar-refractivity contribution >= 4 is 0 Å². The highest BCUT2D eigenvalue weighted by molar-refractivity contribution is 5.43. The number of hydrogen-bond donors (Lipinski definition) is 0. The average Bonchev–Trinajstić information content (AvgIpc) is 2.80. The number of likely N-dealkylation sites (N-methyl/N-ethyl adjacent to an activating group) is 2. The summed E-state index contributed by atoms with van der Waals surface area (Å²) in [5.74, 6) is 3.13. The number of rotatable bonds is 14. The molecule has 2 rings (SSSR count). The van der Waals surface area contributed by atoms with Crippen LogP contribution in [0.2, 0.25) is 0 Å². The molecule has 2 aromatic carbocycles. The van der Waals surface area contributed by atoms with Crippen molar-refractivity contribution in [3.8, 4) is 23.0 Å². The maximum Gasteiger partial charge on any atom is 0.160 e. The SMILES string of the molecule is COc1ccc(CCN(C)CCCN(C)CCc2ccc(OC)c(OC)c2)cc1OC. The van der Waals surface area contributed by atoms with Gasteiger partial charge in [0.25, 0.3) is 0 Å². The van der Waals surface area contributed by atoms with Gasteiger partial charge < -0.3 is 28.7 Å². The fraction of sp³-hybridized carbons (Fsp3) is 0.520. The van der Waals surface area contributed by atoms with Crippen LogP contribution < -0.4 is 18.9 Å². The molecule has 0 bridgehead atoms. The van der Waals surface area contributed by atoms with Crippen LogP contribution in [0.4, 0.5) is 0 Å². The van der Waals surface area contributed by atoms with Gasteiger partial charge in [-0.3, -0.25) is 0 Å². The largest absolute Gasteiger partial charge is 0.493 e. The van der Waals surface area contributed by atoms with Crippen LogP contribution >= 0.6 is 0 Å². The van der Waals surface area contributed by atoms with E-state index in [1.54, 1.807) is 28.4 Å². The lowest BCUT2D eigenvalue weighted by atomic mass is 10.1. The second-order valence-corrected chi connectivity index (χ2v) is 7.84. The van der Waals surface area contributed by atoms with E-state index in [-0.39, 0.29) is 0 Å². The van der Waals surface area contributed by atoms with Gasteiger partial charge in [0, 0.05) is 13.1 Å². The Hall–Kier alpha value is -2.44. The molecular weight excluding hydrogens is 392 g/mol. The molecule has 172 valence electrons. The smallest absolute Gasteiger partial charge is 0.160 e. The topological polar surface area (TPSA) is 43.4 Å². The van der Waals surface area contributed by atoms with E-state index in [1.165, 1.54) is 11.1 Å². The molecule has 0 radical (unpaired) electrons. The summed E-state index contributed by atoms with van der Waals surface area (Å²) in [6.45, 7) is 4.19. The number of ether oxygens (including phenoxy) is 4. The van der Waals surface area contributed by atoms with Crippen molar-refractivity contribution in [3.05, 3.63) is 47.5 Å². The van der Waals surface area contributed by atoms with E-state index in [1.807, 2.05) is 12.1 Å². The first-order valence-electron chi connectivity index (χ1n) is 10.8. The lowest BCUT2D eigenvalue weighted by Gasteiger charge is -2.21. The molecule has 0 aliphatic rings.